The molecule has 84 valence electrons. The molecule has 0 saturated heterocycles. The molecule has 0 fully saturated rings. The first kappa shape index (κ1) is 12.1. The molecule has 0 bridgehead atoms. The lowest BCUT2D eigenvalue weighted by atomic mass is 9.87. The Labute approximate surface area is 88.7 Å². The topological polar surface area (TPSA) is 54.4 Å². The van der Waals surface area contributed by atoms with Gasteiger partial charge in [-0.15, -0.1) is 0 Å². The van der Waals surface area contributed by atoms with E-state index >= 15 is 0 Å². The number of benzene rings is 1. The van der Waals surface area contributed by atoms with Crippen molar-refractivity contribution in [1.29, 1.82) is 0 Å². The van der Waals surface area contributed by atoms with Gasteiger partial charge in [-0.1, -0.05) is 32.9 Å². The van der Waals surface area contributed by atoms with Crippen LogP contribution in [0.4, 0.5) is 4.39 Å². The highest BCUT2D eigenvalue weighted by Gasteiger charge is 2.24. The maximum absolute atomic E-state index is 13.7. The van der Waals surface area contributed by atoms with Gasteiger partial charge in [0.05, 0.1) is 0 Å². The van der Waals surface area contributed by atoms with E-state index in [0.29, 0.717) is 0 Å². The van der Waals surface area contributed by atoms with Crippen LogP contribution in [0, 0.1) is 5.82 Å². The molecule has 1 aromatic carbocycles. The van der Waals surface area contributed by atoms with E-state index in [9.17, 15) is 12.8 Å². The van der Waals surface area contributed by atoms with E-state index in [-0.39, 0.29) is 5.56 Å². The van der Waals surface area contributed by atoms with Gasteiger partial charge >= 0.3 is 0 Å². The monoisotopic (exact) mass is 232 g/mol. The van der Waals surface area contributed by atoms with E-state index in [1.807, 2.05) is 0 Å². The number of halogens is 1. The lowest BCUT2D eigenvalue weighted by Gasteiger charge is -2.20. The van der Waals surface area contributed by atoms with Crippen LogP contribution < -0.4 is 0 Å². The van der Waals surface area contributed by atoms with Gasteiger partial charge in [0.2, 0.25) is 0 Å². The van der Waals surface area contributed by atoms with Crippen LogP contribution in [0.25, 0.3) is 0 Å². The first-order chi connectivity index (χ1) is 6.64. The molecule has 0 radical (unpaired) electrons. The van der Waals surface area contributed by atoms with Crippen molar-refractivity contribution in [2.24, 2.45) is 0 Å². The Hall–Kier alpha value is -0.940. The molecule has 0 aliphatic heterocycles. The average molecular weight is 232 g/mol. The SMILES string of the molecule is CC(C)(C)c1cccc(S(=O)(=O)O)c1F. The summed E-state index contributed by atoms with van der Waals surface area (Å²) in [7, 11) is -4.49. The van der Waals surface area contributed by atoms with Gasteiger partial charge in [-0.25, -0.2) is 4.39 Å². The van der Waals surface area contributed by atoms with E-state index in [1.165, 1.54) is 12.1 Å². The van der Waals surface area contributed by atoms with Gasteiger partial charge in [0.15, 0.2) is 0 Å². The van der Waals surface area contributed by atoms with Crippen molar-refractivity contribution in [2.75, 3.05) is 0 Å². The van der Waals surface area contributed by atoms with Gasteiger partial charge in [0, 0.05) is 0 Å². The highest BCUT2D eigenvalue weighted by Crippen LogP contribution is 2.28. The Morgan fingerprint density at radius 2 is 1.80 bits per heavy atom. The van der Waals surface area contributed by atoms with Gasteiger partial charge in [0.1, 0.15) is 10.7 Å². The molecule has 0 saturated carbocycles. The lowest BCUT2D eigenvalue weighted by molar-refractivity contribution is 0.463. The van der Waals surface area contributed by atoms with Crippen LogP contribution in [0.15, 0.2) is 23.1 Å². The second kappa shape index (κ2) is 3.57. The maximum Gasteiger partial charge on any atom is 0.297 e. The second-order valence-electron chi connectivity index (χ2n) is 4.34. The van der Waals surface area contributed by atoms with Gasteiger partial charge in [0.25, 0.3) is 10.1 Å². The number of rotatable bonds is 1. The highest BCUT2D eigenvalue weighted by atomic mass is 32.2. The fourth-order valence-electron chi connectivity index (χ4n) is 1.29. The minimum absolute atomic E-state index is 0.262. The van der Waals surface area contributed by atoms with E-state index < -0.39 is 26.2 Å². The smallest absolute Gasteiger partial charge is 0.282 e. The highest BCUT2D eigenvalue weighted by molar-refractivity contribution is 7.85. The molecular formula is C10H13FO3S. The fraction of sp³-hybridized carbons (Fsp3) is 0.400. The summed E-state index contributed by atoms with van der Waals surface area (Å²) in [5.41, 5.74) is -0.247. The summed E-state index contributed by atoms with van der Waals surface area (Å²) in [5.74, 6) is -0.882. The minimum Gasteiger partial charge on any atom is -0.282 e. The third-order valence-electron chi connectivity index (χ3n) is 2.05. The lowest BCUT2D eigenvalue weighted by Crippen LogP contribution is -2.16. The van der Waals surface area contributed by atoms with Gasteiger partial charge < -0.3 is 0 Å². The van der Waals surface area contributed by atoms with Crippen molar-refractivity contribution < 1.29 is 17.4 Å². The summed E-state index contributed by atoms with van der Waals surface area (Å²) in [4.78, 5) is -0.671. The first-order valence-electron chi connectivity index (χ1n) is 4.40. The molecule has 0 aromatic heterocycles. The van der Waals surface area contributed by atoms with Crippen LogP contribution in [-0.4, -0.2) is 13.0 Å². The predicted octanol–water partition coefficient (Wildman–Crippen LogP) is 2.37. The Morgan fingerprint density at radius 1 is 1.27 bits per heavy atom. The zero-order valence-corrected chi connectivity index (χ0v) is 9.60. The fourth-order valence-corrected chi connectivity index (χ4v) is 1.88. The standard InChI is InChI=1S/C10H13FO3S/c1-10(2,3)7-5-4-6-8(9(7)11)15(12,13)14/h4-6H,1-3H3,(H,12,13,14). The minimum atomic E-state index is -4.49. The third kappa shape index (κ3) is 2.54. The molecule has 1 N–H and O–H groups in total. The molecule has 0 unspecified atom stereocenters. The Kier molecular flexibility index (Phi) is 2.89. The van der Waals surface area contributed by atoms with E-state index in [2.05, 4.69) is 0 Å². The summed E-state index contributed by atoms with van der Waals surface area (Å²) >= 11 is 0. The van der Waals surface area contributed by atoms with Crippen LogP contribution in [0.2, 0.25) is 0 Å². The van der Waals surface area contributed by atoms with Crippen molar-refractivity contribution in [3.63, 3.8) is 0 Å². The van der Waals surface area contributed by atoms with E-state index in [0.717, 1.165) is 6.07 Å². The van der Waals surface area contributed by atoms with Crippen molar-refractivity contribution in [3.05, 3.63) is 29.6 Å². The third-order valence-corrected chi connectivity index (χ3v) is 2.92. The van der Waals surface area contributed by atoms with Crippen molar-refractivity contribution in [2.45, 2.75) is 31.1 Å². The Bertz CT molecular complexity index is 472. The van der Waals surface area contributed by atoms with Crippen LogP contribution in [0.1, 0.15) is 26.3 Å². The number of hydrogen-bond donors (Lipinski definition) is 1. The molecule has 0 spiro atoms. The quantitative estimate of drug-likeness (QED) is 0.756. The zero-order chi connectivity index (χ0) is 11.9. The molecule has 1 rings (SSSR count). The molecule has 0 aliphatic carbocycles. The van der Waals surface area contributed by atoms with Crippen LogP contribution in [0.3, 0.4) is 0 Å². The average Bonchev–Trinajstić information content (AvgIpc) is 1.99. The molecule has 0 aliphatic rings. The Balaban J connectivity index is 3.51. The van der Waals surface area contributed by atoms with E-state index in [4.69, 9.17) is 4.55 Å². The molecule has 0 atom stereocenters. The predicted molar refractivity (Wildman–Crippen MR) is 54.9 cm³/mol. The maximum atomic E-state index is 13.7. The summed E-state index contributed by atoms with van der Waals surface area (Å²) in [6.07, 6.45) is 0. The molecular weight excluding hydrogens is 219 g/mol. The largest absolute Gasteiger partial charge is 0.297 e. The van der Waals surface area contributed by atoms with Crippen LogP contribution in [0.5, 0.6) is 0 Å². The van der Waals surface area contributed by atoms with E-state index in [1.54, 1.807) is 20.8 Å². The Morgan fingerprint density at radius 3 is 2.20 bits per heavy atom. The van der Waals surface area contributed by atoms with Crippen molar-refractivity contribution >= 4 is 10.1 Å². The second-order valence-corrected chi connectivity index (χ2v) is 5.73. The van der Waals surface area contributed by atoms with Gasteiger partial charge in [-0.3, -0.25) is 4.55 Å². The van der Waals surface area contributed by atoms with Crippen LogP contribution in [-0.2, 0) is 15.5 Å². The first-order valence-corrected chi connectivity index (χ1v) is 5.84. The van der Waals surface area contributed by atoms with Crippen molar-refractivity contribution in [1.82, 2.24) is 0 Å². The van der Waals surface area contributed by atoms with Crippen molar-refractivity contribution in [3.8, 4) is 0 Å². The van der Waals surface area contributed by atoms with Gasteiger partial charge in [-0.2, -0.15) is 8.42 Å². The summed E-state index contributed by atoms with van der Waals surface area (Å²) in [6.45, 7) is 5.29. The normalized spacial score (nSPS) is 12.9. The molecule has 1 aromatic rings. The summed E-state index contributed by atoms with van der Waals surface area (Å²) in [5, 5.41) is 0. The number of hydrogen-bond acceptors (Lipinski definition) is 2. The summed E-state index contributed by atoms with van der Waals surface area (Å²) in [6, 6.07) is 3.96. The zero-order valence-electron chi connectivity index (χ0n) is 8.78. The summed E-state index contributed by atoms with van der Waals surface area (Å²) < 4.78 is 44.2. The molecule has 5 heteroatoms. The molecule has 0 heterocycles. The molecule has 0 amide bonds. The van der Waals surface area contributed by atoms with Gasteiger partial charge in [-0.05, 0) is 17.0 Å². The van der Waals surface area contributed by atoms with Crippen LogP contribution >= 0.6 is 0 Å². The molecule has 3 nitrogen and oxygen atoms in total. The molecule has 15 heavy (non-hydrogen) atoms.